The molecular formula is C12H12F3NO. The Bertz CT molecular complexity index is 424. The molecule has 0 aliphatic carbocycles. The van der Waals surface area contributed by atoms with Gasteiger partial charge in [-0.05, 0) is 24.6 Å². The number of alkyl halides is 3. The van der Waals surface area contributed by atoms with Gasteiger partial charge in [0.15, 0.2) is 0 Å². The monoisotopic (exact) mass is 243 g/mol. The first-order valence-corrected chi connectivity index (χ1v) is 5.00. The van der Waals surface area contributed by atoms with Gasteiger partial charge < -0.3 is 5.32 Å². The summed E-state index contributed by atoms with van der Waals surface area (Å²) in [6.07, 6.45) is -1.62. The zero-order chi connectivity index (χ0) is 12.9. The van der Waals surface area contributed by atoms with Crippen molar-refractivity contribution in [3.63, 3.8) is 0 Å². The van der Waals surface area contributed by atoms with E-state index >= 15 is 0 Å². The summed E-state index contributed by atoms with van der Waals surface area (Å²) in [5.41, 5.74) is -0.668. The average Bonchev–Trinajstić information content (AvgIpc) is 2.26. The predicted molar refractivity (Wildman–Crippen MR) is 58.1 cm³/mol. The SMILES string of the molecule is C/C=C/C(=O)NCc1ccccc1C(F)(F)F. The molecule has 0 aromatic heterocycles. The Labute approximate surface area is 97.1 Å². The Balaban J connectivity index is 2.81. The Morgan fingerprint density at radius 1 is 1.35 bits per heavy atom. The van der Waals surface area contributed by atoms with Crippen LogP contribution in [0.3, 0.4) is 0 Å². The Hall–Kier alpha value is -1.78. The van der Waals surface area contributed by atoms with Crippen LogP contribution in [0, 0.1) is 0 Å². The van der Waals surface area contributed by atoms with Gasteiger partial charge in [-0.3, -0.25) is 4.79 Å². The summed E-state index contributed by atoms with van der Waals surface area (Å²) in [6.45, 7) is 1.52. The van der Waals surface area contributed by atoms with Crippen molar-refractivity contribution in [2.75, 3.05) is 0 Å². The van der Waals surface area contributed by atoms with Crippen LogP contribution < -0.4 is 5.32 Å². The van der Waals surface area contributed by atoms with Crippen LogP contribution in [0.4, 0.5) is 13.2 Å². The lowest BCUT2D eigenvalue weighted by atomic mass is 10.1. The van der Waals surface area contributed by atoms with Crippen LogP contribution in [0.15, 0.2) is 36.4 Å². The van der Waals surface area contributed by atoms with E-state index in [1.54, 1.807) is 6.92 Å². The number of halogens is 3. The fourth-order valence-corrected chi connectivity index (χ4v) is 1.34. The second-order valence-electron chi connectivity index (χ2n) is 3.37. The summed E-state index contributed by atoms with van der Waals surface area (Å²) in [7, 11) is 0. The van der Waals surface area contributed by atoms with Crippen LogP contribution in [-0.2, 0) is 17.5 Å². The molecule has 5 heteroatoms. The van der Waals surface area contributed by atoms with Crippen LogP contribution >= 0.6 is 0 Å². The van der Waals surface area contributed by atoms with E-state index in [1.165, 1.54) is 30.4 Å². The third-order valence-corrected chi connectivity index (χ3v) is 2.09. The van der Waals surface area contributed by atoms with Crippen molar-refractivity contribution in [3.05, 3.63) is 47.5 Å². The third-order valence-electron chi connectivity index (χ3n) is 2.09. The fourth-order valence-electron chi connectivity index (χ4n) is 1.34. The lowest BCUT2D eigenvalue weighted by molar-refractivity contribution is -0.138. The van der Waals surface area contributed by atoms with Crippen LogP contribution in [0.1, 0.15) is 18.1 Å². The molecule has 17 heavy (non-hydrogen) atoms. The van der Waals surface area contributed by atoms with Crippen molar-refractivity contribution in [2.24, 2.45) is 0 Å². The van der Waals surface area contributed by atoms with E-state index in [9.17, 15) is 18.0 Å². The molecule has 0 aliphatic rings. The van der Waals surface area contributed by atoms with Crippen molar-refractivity contribution in [2.45, 2.75) is 19.6 Å². The molecule has 1 aromatic carbocycles. The van der Waals surface area contributed by atoms with Gasteiger partial charge in [-0.15, -0.1) is 0 Å². The smallest absolute Gasteiger partial charge is 0.348 e. The minimum atomic E-state index is -4.40. The van der Waals surface area contributed by atoms with Gasteiger partial charge in [0.05, 0.1) is 5.56 Å². The maximum Gasteiger partial charge on any atom is 0.416 e. The number of hydrogen-bond donors (Lipinski definition) is 1. The lowest BCUT2D eigenvalue weighted by Gasteiger charge is -2.12. The van der Waals surface area contributed by atoms with Gasteiger partial charge in [-0.25, -0.2) is 0 Å². The van der Waals surface area contributed by atoms with Gasteiger partial charge in [-0.2, -0.15) is 13.2 Å². The third kappa shape index (κ3) is 3.94. The summed E-state index contributed by atoms with van der Waals surface area (Å²) in [6, 6.07) is 5.17. The number of carbonyl (C=O) groups excluding carboxylic acids is 1. The van der Waals surface area contributed by atoms with Gasteiger partial charge in [0.2, 0.25) is 5.91 Å². The molecular weight excluding hydrogens is 231 g/mol. The van der Waals surface area contributed by atoms with Crippen LogP contribution in [0.2, 0.25) is 0 Å². The summed E-state index contributed by atoms with van der Waals surface area (Å²) >= 11 is 0. The van der Waals surface area contributed by atoms with E-state index in [-0.39, 0.29) is 12.1 Å². The molecule has 0 radical (unpaired) electrons. The van der Waals surface area contributed by atoms with Gasteiger partial charge in [0, 0.05) is 6.54 Å². The number of amides is 1. The normalized spacial score (nSPS) is 11.8. The van der Waals surface area contributed by atoms with Crippen LogP contribution in [0.5, 0.6) is 0 Å². The van der Waals surface area contributed by atoms with E-state index in [1.807, 2.05) is 0 Å². The van der Waals surface area contributed by atoms with Gasteiger partial charge in [0.1, 0.15) is 0 Å². The van der Waals surface area contributed by atoms with E-state index in [4.69, 9.17) is 0 Å². The molecule has 1 amide bonds. The lowest BCUT2D eigenvalue weighted by Crippen LogP contribution is -2.22. The number of carbonyl (C=O) groups is 1. The van der Waals surface area contributed by atoms with E-state index < -0.39 is 17.6 Å². The first-order valence-electron chi connectivity index (χ1n) is 5.00. The zero-order valence-electron chi connectivity index (χ0n) is 9.21. The number of benzene rings is 1. The number of nitrogens with one attached hydrogen (secondary N) is 1. The standard InChI is InChI=1S/C12H12F3NO/c1-2-5-11(17)16-8-9-6-3-4-7-10(9)12(13,14)15/h2-7H,8H2,1H3,(H,16,17)/b5-2+. The highest BCUT2D eigenvalue weighted by Gasteiger charge is 2.32. The van der Waals surface area contributed by atoms with Crippen molar-refractivity contribution >= 4 is 5.91 Å². The van der Waals surface area contributed by atoms with Crippen molar-refractivity contribution in [3.8, 4) is 0 Å². The summed E-state index contributed by atoms with van der Waals surface area (Å²) < 4.78 is 37.8. The molecule has 0 fully saturated rings. The largest absolute Gasteiger partial charge is 0.416 e. The molecule has 0 atom stereocenters. The Morgan fingerprint density at radius 3 is 2.59 bits per heavy atom. The highest BCUT2D eigenvalue weighted by atomic mass is 19.4. The number of hydrogen-bond acceptors (Lipinski definition) is 1. The topological polar surface area (TPSA) is 29.1 Å². The number of allylic oxidation sites excluding steroid dienone is 1. The second kappa shape index (κ2) is 5.52. The summed E-state index contributed by atoms with van der Waals surface area (Å²) in [5, 5.41) is 2.39. The summed E-state index contributed by atoms with van der Waals surface area (Å²) in [5.74, 6) is -0.413. The molecule has 0 aliphatic heterocycles. The fraction of sp³-hybridized carbons (Fsp3) is 0.250. The van der Waals surface area contributed by atoms with Crippen LogP contribution in [-0.4, -0.2) is 5.91 Å². The molecule has 0 heterocycles. The maximum absolute atomic E-state index is 12.6. The van der Waals surface area contributed by atoms with Gasteiger partial charge >= 0.3 is 6.18 Å². The Kier molecular flexibility index (Phi) is 4.31. The molecule has 0 saturated carbocycles. The molecule has 1 aromatic rings. The first-order chi connectivity index (χ1) is 7.95. The van der Waals surface area contributed by atoms with Crippen molar-refractivity contribution < 1.29 is 18.0 Å². The molecule has 0 unspecified atom stereocenters. The molecule has 0 bridgehead atoms. The van der Waals surface area contributed by atoms with Gasteiger partial charge in [-0.1, -0.05) is 24.3 Å². The molecule has 0 saturated heterocycles. The quantitative estimate of drug-likeness (QED) is 0.812. The highest BCUT2D eigenvalue weighted by molar-refractivity contribution is 5.87. The van der Waals surface area contributed by atoms with E-state index in [0.717, 1.165) is 6.07 Å². The Morgan fingerprint density at radius 2 is 2.00 bits per heavy atom. The molecule has 2 nitrogen and oxygen atoms in total. The van der Waals surface area contributed by atoms with Crippen molar-refractivity contribution in [1.82, 2.24) is 5.32 Å². The molecule has 1 rings (SSSR count). The summed E-state index contributed by atoms with van der Waals surface area (Å²) in [4.78, 5) is 11.1. The van der Waals surface area contributed by atoms with Crippen LogP contribution in [0.25, 0.3) is 0 Å². The molecule has 92 valence electrons. The maximum atomic E-state index is 12.6. The van der Waals surface area contributed by atoms with Crippen molar-refractivity contribution in [1.29, 1.82) is 0 Å². The first kappa shape index (κ1) is 13.3. The molecule has 0 spiro atoms. The predicted octanol–water partition coefficient (Wildman–Crippen LogP) is 2.90. The number of rotatable bonds is 3. The highest BCUT2D eigenvalue weighted by Crippen LogP contribution is 2.31. The minimum absolute atomic E-state index is 0.0536. The average molecular weight is 243 g/mol. The molecule has 1 N–H and O–H groups in total. The van der Waals surface area contributed by atoms with E-state index in [2.05, 4.69) is 5.32 Å². The second-order valence-corrected chi connectivity index (χ2v) is 3.37. The minimum Gasteiger partial charge on any atom is -0.348 e. The van der Waals surface area contributed by atoms with E-state index in [0.29, 0.717) is 0 Å². The zero-order valence-corrected chi connectivity index (χ0v) is 9.21. The van der Waals surface area contributed by atoms with Gasteiger partial charge in [0.25, 0.3) is 0 Å².